The maximum atomic E-state index is 12.3. The van der Waals surface area contributed by atoms with Gasteiger partial charge in [0.15, 0.2) is 5.13 Å². The molecule has 1 amide bonds. The second-order valence-electron chi connectivity index (χ2n) is 6.16. The topological polar surface area (TPSA) is 63.2 Å². The molecule has 1 fully saturated rings. The van der Waals surface area contributed by atoms with Crippen molar-refractivity contribution >= 4 is 22.4 Å². The van der Waals surface area contributed by atoms with Gasteiger partial charge < -0.3 is 15.4 Å². The van der Waals surface area contributed by atoms with Crippen LogP contribution in [-0.2, 0) is 11.2 Å². The summed E-state index contributed by atoms with van der Waals surface area (Å²) in [5.74, 6) is 1.48. The van der Waals surface area contributed by atoms with Crippen LogP contribution in [0, 0.1) is 11.8 Å². The molecular formula is C17H19N3O2S. The van der Waals surface area contributed by atoms with E-state index in [1.807, 2.05) is 24.4 Å². The fourth-order valence-corrected chi connectivity index (χ4v) is 3.63. The van der Waals surface area contributed by atoms with E-state index < -0.39 is 0 Å². The second-order valence-corrected chi connectivity index (χ2v) is 7.01. The van der Waals surface area contributed by atoms with Crippen molar-refractivity contribution in [2.24, 2.45) is 11.8 Å². The smallest absolute Gasteiger partial charge is 0.229 e. The minimum Gasteiger partial charge on any atom is -0.493 e. The number of thiazole rings is 1. The van der Waals surface area contributed by atoms with Crippen molar-refractivity contribution in [3.8, 4) is 17.0 Å². The first-order chi connectivity index (χ1) is 11.2. The third-order valence-corrected chi connectivity index (χ3v) is 5.41. The number of ether oxygens (including phenoxy) is 1. The molecule has 2 aliphatic rings. The Hall–Kier alpha value is -1.92. The predicted octanol–water partition coefficient (Wildman–Crippen LogP) is 2.54. The number of benzene rings is 1. The number of nitrogens with zero attached hydrogens (tertiary/aromatic N) is 1. The maximum absolute atomic E-state index is 12.3. The number of rotatable bonds is 4. The lowest BCUT2D eigenvalue weighted by Crippen LogP contribution is -2.48. The van der Waals surface area contributed by atoms with Crippen LogP contribution in [0.3, 0.4) is 0 Å². The highest BCUT2D eigenvalue weighted by Crippen LogP contribution is 2.32. The van der Waals surface area contributed by atoms with Crippen molar-refractivity contribution in [1.29, 1.82) is 0 Å². The zero-order valence-electron chi connectivity index (χ0n) is 13.0. The molecule has 6 heteroatoms. The summed E-state index contributed by atoms with van der Waals surface area (Å²) in [5.41, 5.74) is 3.20. The van der Waals surface area contributed by atoms with E-state index in [1.165, 1.54) is 16.9 Å². The van der Waals surface area contributed by atoms with E-state index in [1.54, 1.807) is 0 Å². The SMILES string of the molecule is CC(C(=O)Nc1nc(-c2ccc3c(c2)CCO3)cs1)C1CNC1. The highest BCUT2D eigenvalue weighted by Gasteiger charge is 2.29. The lowest BCUT2D eigenvalue weighted by Gasteiger charge is -2.31. The summed E-state index contributed by atoms with van der Waals surface area (Å²) < 4.78 is 5.53. The summed E-state index contributed by atoms with van der Waals surface area (Å²) in [5, 5.41) is 8.81. The summed E-state index contributed by atoms with van der Waals surface area (Å²) in [7, 11) is 0. The lowest BCUT2D eigenvalue weighted by atomic mass is 9.88. The molecule has 0 spiro atoms. The highest BCUT2D eigenvalue weighted by molar-refractivity contribution is 7.14. The second kappa shape index (κ2) is 5.94. The molecule has 2 aliphatic heterocycles. The lowest BCUT2D eigenvalue weighted by molar-refractivity contribution is -0.121. The average molecular weight is 329 g/mol. The molecule has 1 atom stereocenters. The number of carbonyl (C=O) groups excluding carboxylic acids is 1. The quantitative estimate of drug-likeness (QED) is 0.905. The number of nitrogens with one attached hydrogen (secondary N) is 2. The number of anilines is 1. The van der Waals surface area contributed by atoms with Crippen molar-refractivity contribution in [2.75, 3.05) is 25.0 Å². The third-order valence-electron chi connectivity index (χ3n) is 4.65. The molecule has 1 aromatic heterocycles. The highest BCUT2D eigenvalue weighted by atomic mass is 32.1. The number of amides is 1. The van der Waals surface area contributed by atoms with Crippen LogP contribution in [0.4, 0.5) is 5.13 Å². The predicted molar refractivity (Wildman–Crippen MR) is 90.9 cm³/mol. The summed E-state index contributed by atoms with van der Waals surface area (Å²) in [4.78, 5) is 16.8. The van der Waals surface area contributed by atoms with Crippen LogP contribution in [0.15, 0.2) is 23.6 Å². The van der Waals surface area contributed by atoms with Crippen molar-refractivity contribution < 1.29 is 9.53 Å². The zero-order valence-corrected chi connectivity index (χ0v) is 13.8. The Morgan fingerprint density at radius 1 is 1.48 bits per heavy atom. The Kier molecular flexibility index (Phi) is 3.79. The number of carbonyl (C=O) groups is 1. The molecule has 5 nitrogen and oxygen atoms in total. The largest absolute Gasteiger partial charge is 0.493 e. The van der Waals surface area contributed by atoms with Crippen molar-refractivity contribution in [2.45, 2.75) is 13.3 Å². The molecule has 0 saturated carbocycles. The molecule has 2 N–H and O–H groups in total. The normalized spacial score (nSPS) is 18.0. The fraction of sp³-hybridized carbons (Fsp3) is 0.412. The standard InChI is InChI=1S/C17H19N3O2S/c1-10(13-7-18-8-13)16(21)20-17-19-14(9-23-17)11-2-3-15-12(6-11)4-5-22-15/h2-3,6,9-10,13,18H,4-5,7-8H2,1H3,(H,19,20,21). The fourth-order valence-electron chi connectivity index (χ4n) is 2.91. The molecule has 0 radical (unpaired) electrons. The van der Waals surface area contributed by atoms with Gasteiger partial charge >= 0.3 is 0 Å². The van der Waals surface area contributed by atoms with Crippen LogP contribution in [0.1, 0.15) is 12.5 Å². The number of hydrogen-bond acceptors (Lipinski definition) is 5. The molecule has 120 valence electrons. The Morgan fingerprint density at radius 3 is 3.13 bits per heavy atom. The van der Waals surface area contributed by atoms with Crippen molar-refractivity contribution in [1.82, 2.24) is 10.3 Å². The Morgan fingerprint density at radius 2 is 2.35 bits per heavy atom. The Bertz CT molecular complexity index is 739. The monoisotopic (exact) mass is 329 g/mol. The van der Waals surface area contributed by atoms with E-state index in [2.05, 4.69) is 21.7 Å². The summed E-state index contributed by atoms with van der Waals surface area (Å²) in [6, 6.07) is 6.15. The van der Waals surface area contributed by atoms with Crippen LogP contribution in [-0.4, -0.2) is 30.6 Å². The van der Waals surface area contributed by atoms with E-state index >= 15 is 0 Å². The van der Waals surface area contributed by atoms with E-state index in [4.69, 9.17) is 4.74 Å². The first-order valence-corrected chi connectivity index (χ1v) is 8.82. The van der Waals surface area contributed by atoms with Gasteiger partial charge in [-0.3, -0.25) is 4.79 Å². The Labute approximate surface area is 139 Å². The summed E-state index contributed by atoms with van der Waals surface area (Å²) in [6.45, 7) is 4.59. The van der Waals surface area contributed by atoms with Crippen LogP contribution in [0.25, 0.3) is 11.3 Å². The van der Waals surface area contributed by atoms with Crippen LogP contribution in [0.2, 0.25) is 0 Å². The van der Waals surface area contributed by atoms with Gasteiger partial charge in [-0.15, -0.1) is 11.3 Å². The van der Waals surface area contributed by atoms with Gasteiger partial charge in [0, 0.05) is 23.3 Å². The molecule has 3 heterocycles. The van der Waals surface area contributed by atoms with Crippen LogP contribution in [0.5, 0.6) is 5.75 Å². The van der Waals surface area contributed by atoms with Gasteiger partial charge in [0.2, 0.25) is 5.91 Å². The zero-order chi connectivity index (χ0) is 15.8. The van der Waals surface area contributed by atoms with Gasteiger partial charge in [0.25, 0.3) is 0 Å². The van der Waals surface area contributed by atoms with E-state index in [-0.39, 0.29) is 11.8 Å². The number of fused-ring (bicyclic) bond motifs is 1. The molecule has 1 aromatic carbocycles. The summed E-state index contributed by atoms with van der Waals surface area (Å²) in [6.07, 6.45) is 0.948. The van der Waals surface area contributed by atoms with E-state index in [0.29, 0.717) is 11.0 Å². The minimum absolute atomic E-state index is 0.0146. The first kappa shape index (κ1) is 14.7. The average Bonchev–Trinajstić information content (AvgIpc) is 3.13. The van der Waals surface area contributed by atoms with Gasteiger partial charge in [-0.2, -0.15) is 0 Å². The molecule has 1 unspecified atom stereocenters. The minimum atomic E-state index is 0.0146. The van der Waals surface area contributed by atoms with Gasteiger partial charge in [-0.25, -0.2) is 4.98 Å². The molecule has 1 saturated heterocycles. The molecule has 0 bridgehead atoms. The number of aromatic nitrogens is 1. The number of hydrogen-bond donors (Lipinski definition) is 2. The van der Waals surface area contributed by atoms with Gasteiger partial charge in [0.05, 0.1) is 12.3 Å². The molecule has 23 heavy (non-hydrogen) atoms. The van der Waals surface area contributed by atoms with E-state index in [0.717, 1.165) is 43.1 Å². The summed E-state index contributed by atoms with van der Waals surface area (Å²) >= 11 is 1.47. The van der Waals surface area contributed by atoms with Crippen molar-refractivity contribution in [3.05, 3.63) is 29.1 Å². The van der Waals surface area contributed by atoms with Crippen LogP contribution < -0.4 is 15.4 Å². The van der Waals surface area contributed by atoms with Gasteiger partial charge in [-0.05, 0) is 42.8 Å². The van der Waals surface area contributed by atoms with Gasteiger partial charge in [0.1, 0.15) is 5.75 Å². The maximum Gasteiger partial charge on any atom is 0.229 e. The molecule has 4 rings (SSSR count). The van der Waals surface area contributed by atoms with Gasteiger partial charge in [-0.1, -0.05) is 6.92 Å². The van der Waals surface area contributed by atoms with Crippen LogP contribution >= 0.6 is 11.3 Å². The Balaban J connectivity index is 1.47. The van der Waals surface area contributed by atoms with E-state index in [9.17, 15) is 4.79 Å². The molecule has 0 aliphatic carbocycles. The van der Waals surface area contributed by atoms with Crippen molar-refractivity contribution in [3.63, 3.8) is 0 Å². The molecule has 2 aromatic rings. The first-order valence-electron chi connectivity index (χ1n) is 7.94. The molecular weight excluding hydrogens is 310 g/mol. The third kappa shape index (κ3) is 2.84.